The van der Waals surface area contributed by atoms with Crippen LogP contribution in [-0.4, -0.2) is 57.8 Å². The number of nitrogens with two attached hydrogens (primary N) is 1. The third kappa shape index (κ3) is 10.1. The number of hydrogen-bond donors (Lipinski definition) is 3. The second kappa shape index (κ2) is 12.7. The summed E-state index contributed by atoms with van der Waals surface area (Å²) in [6.45, 7) is 6.58. The van der Waals surface area contributed by atoms with E-state index in [0.717, 1.165) is 0 Å². The van der Waals surface area contributed by atoms with Crippen LogP contribution in [-0.2, 0) is 14.2 Å². The lowest BCUT2D eigenvalue weighted by molar-refractivity contribution is -0.110. The number of nitrogens with one attached hydrogen (secondary N) is 2. The van der Waals surface area contributed by atoms with Gasteiger partial charge in [-0.1, -0.05) is 12.2 Å². The molecular weight excluding hydrogens is 390 g/mol. The molecule has 0 aliphatic heterocycles. The minimum absolute atomic E-state index is 0.332. The van der Waals surface area contributed by atoms with Crippen molar-refractivity contribution < 1.29 is 28.5 Å². The molecule has 4 N–H and O–H groups in total. The molecule has 0 heterocycles. The molecule has 1 aromatic carbocycles. The predicted octanol–water partition coefficient (Wildman–Crippen LogP) is 2.67. The Hall–Kier alpha value is -2.78. The van der Waals surface area contributed by atoms with Gasteiger partial charge < -0.3 is 35.3 Å². The quantitative estimate of drug-likeness (QED) is 0.349. The SMILES string of the molecule is COC(CCOc1cc(C(N)=O)ccc1NC/C=C/CNC(=O)OC(C)(C)C)OC. The summed E-state index contributed by atoms with van der Waals surface area (Å²) in [5, 5.41) is 5.84. The van der Waals surface area contributed by atoms with Crippen molar-refractivity contribution in [1.82, 2.24) is 5.32 Å². The van der Waals surface area contributed by atoms with E-state index >= 15 is 0 Å². The number of carbonyl (C=O) groups is 2. The van der Waals surface area contributed by atoms with E-state index in [1.807, 2.05) is 6.08 Å². The molecule has 0 aliphatic carbocycles. The zero-order chi connectivity index (χ0) is 22.6. The summed E-state index contributed by atoms with van der Waals surface area (Å²) in [7, 11) is 3.11. The summed E-state index contributed by atoms with van der Waals surface area (Å²) in [6.07, 6.45) is 3.33. The molecular formula is C21H33N3O6. The van der Waals surface area contributed by atoms with Gasteiger partial charge >= 0.3 is 6.09 Å². The first kappa shape index (κ1) is 25.3. The third-order valence-corrected chi connectivity index (χ3v) is 3.74. The lowest BCUT2D eigenvalue weighted by atomic mass is 10.1. The second-order valence-corrected chi connectivity index (χ2v) is 7.35. The monoisotopic (exact) mass is 423 g/mol. The van der Waals surface area contributed by atoms with Gasteiger partial charge in [0, 0.05) is 39.3 Å². The van der Waals surface area contributed by atoms with Crippen molar-refractivity contribution in [3.63, 3.8) is 0 Å². The zero-order valence-electron chi connectivity index (χ0n) is 18.3. The summed E-state index contributed by atoms with van der Waals surface area (Å²) in [6, 6.07) is 4.94. The Morgan fingerprint density at radius 1 is 1.13 bits per heavy atom. The number of alkyl carbamates (subject to hydrolysis) is 1. The van der Waals surface area contributed by atoms with Gasteiger partial charge in [-0.25, -0.2) is 4.79 Å². The Morgan fingerprint density at radius 3 is 2.40 bits per heavy atom. The summed E-state index contributed by atoms with van der Waals surface area (Å²) in [4.78, 5) is 23.0. The van der Waals surface area contributed by atoms with Crippen LogP contribution in [0, 0.1) is 0 Å². The number of hydrogen-bond acceptors (Lipinski definition) is 7. The molecule has 1 rings (SSSR count). The average molecular weight is 424 g/mol. The van der Waals surface area contributed by atoms with Crippen LogP contribution in [0.5, 0.6) is 5.75 Å². The van der Waals surface area contributed by atoms with Gasteiger partial charge in [-0.05, 0) is 39.0 Å². The van der Waals surface area contributed by atoms with Crippen LogP contribution in [0.3, 0.4) is 0 Å². The molecule has 9 heteroatoms. The number of rotatable bonds is 12. The fraction of sp³-hybridized carbons (Fsp3) is 0.524. The average Bonchev–Trinajstić information content (AvgIpc) is 2.67. The molecule has 0 spiro atoms. The fourth-order valence-corrected chi connectivity index (χ4v) is 2.33. The Balaban J connectivity index is 2.58. The van der Waals surface area contributed by atoms with Crippen molar-refractivity contribution in [3.05, 3.63) is 35.9 Å². The van der Waals surface area contributed by atoms with Crippen molar-refractivity contribution in [2.24, 2.45) is 5.73 Å². The minimum Gasteiger partial charge on any atom is -0.491 e. The lowest BCUT2D eigenvalue weighted by Gasteiger charge is -2.19. The van der Waals surface area contributed by atoms with Crippen LogP contribution < -0.4 is 21.1 Å². The Morgan fingerprint density at radius 2 is 1.80 bits per heavy atom. The van der Waals surface area contributed by atoms with Crippen LogP contribution in [0.25, 0.3) is 0 Å². The second-order valence-electron chi connectivity index (χ2n) is 7.35. The smallest absolute Gasteiger partial charge is 0.407 e. The van der Waals surface area contributed by atoms with Crippen molar-refractivity contribution in [1.29, 1.82) is 0 Å². The van der Waals surface area contributed by atoms with Crippen molar-refractivity contribution in [2.75, 3.05) is 39.2 Å². The minimum atomic E-state index is -0.536. The van der Waals surface area contributed by atoms with E-state index in [-0.39, 0.29) is 6.29 Å². The summed E-state index contributed by atoms with van der Waals surface area (Å²) >= 11 is 0. The first-order chi connectivity index (χ1) is 14.2. The third-order valence-electron chi connectivity index (χ3n) is 3.74. The lowest BCUT2D eigenvalue weighted by Crippen LogP contribution is -2.32. The molecule has 168 valence electrons. The van der Waals surface area contributed by atoms with Gasteiger partial charge in [-0.3, -0.25) is 4.79 Å². The van der Waals surface area contributed by atoms with Gasteiger partial charge in [0.25, 0.3) is 0 Å². The number of ether oxygens (including phenoxy) is 4. The molecule has 0 fully saturated rings. The normalized spacial score (nSPS) is 11.5. The van der Waals surface area contributed by atoms with Crippen LogP contribution >= 0.6 is 0 Å². The van der Waals surface area contributed by atoms with Crippen LogP contribution in [0.2, 0.25) is 0 Å². The first-order valence-corrected chi connectivity index (χ1v) is 9.64. The van der Waals surface area contributed by atoms with Gasteiger partial charge in [0.2, 0.25) is 5.91 Å². The van der Waals surface area contributed by atoms with E-state index < -0.39 is 17.6 Å². The molecule has 2 amide bonds. The fourth-order valence-electron chi connectivity index (χ4n) is 2.33. The van der Waals surface area contributed by atoms with Gasteiger partial charge in [0.1, 0.15) is 11.4 Å². The highest BCUT2D eigenvalue weighted by molar-refractivity contribution is 5.94. The van der Waals surface area contributed by atoms with E-state index in [1.165, 1.54) is 0 Å². The van der Waals surface area contributed by atoms with Crippen molar-refractivity contribution in [2.45, 2.75) is 39.1 Å². The van der Waals surface area contributed by atoms with E-state index in [1.54, 1.807) is 59.3 Å². The topological polar surface area (TPSA) is 121 Å². The molecule has 1 aromatic rings. The number of carbonyl (C=O) groups excluding carboxylic acids is 2. The highest BCUT2D eigenvalue weighted by atomic mass is 16.7. The summed E-state index contributed by atoms with van der Waals surface area (Å²) in [5.74, 6) is -0.0382. The number of methoxy groups -OCH3 is 2. The maximum Gasteiger partial charge on any atom is 0.407 e. The first-order valence-electron chi connectivity index (χ1n) is 9.64. The zero-order valence-corrected chi connectivity index (χ0v) is 18.3. The predicted molar refractivity (Wildman–Crippen MR) is 115 cm³/mol. The molecule has 30 heavy (non-hydrogen) atoms. The molecule has 0 saturated carbocycles. The summed E-state index contributed by atoms with van der Waals surface area (Å²) < 4.78 is 21.2. The number of benzene rings is 1. The van der Waals surface area contributed by atoms with Crippen molar-refractivity contribution in [3.8, 4) is 5.75 Å². The van der Waals surface area contributed by atoms with Crippen molar-refractivity contribution >= 4 is 17.7 Å². The maximum absolute atomic E-state index is 11.6. The molecule has 0 aromatic heterocycles. The van der Waals surface area contributed by atoms with E-state index in [2.05, 4.69) is 10.6 Å². The van der Waals surface area contributed by atoms with Crippen LogP contribution in [0.1, 0.15) is 37.6 Å². The van der Waals surface area contributed by atoms with E-state index in [4.69, 9.17) is 24.7 Å². The molecule has 0 radical (unpaired) electrons. The largest absolute Gasteiger partial charge is 0.491 e. The Kier molecular flexibility index (Phi) is 10.7. The number of primary amides is 1. The number of amides is 2. The number of anilines is 1. The van der Waals surface area contributed by atoms with Gasteiger partial charge in [0.15, 0.2) is 6.29 Å². The Labute approximate surface area is 177 Å². The molecule has 9 nitrogen and oxygen atoms in total. The summed E-state index contributed by atoms with van der Waals surface area (Å²) in [5.41, 5.74) is 5.88. The Bertz CT molecular complexity index is 711. The van der Waals surface area contributed by atoms with E-state index in [9.17, 15) is 9.59 Å². The van der Waals surface area contributed by atoms with Gasteiger partial charge in [0.05, 0.1) is 12.3 Å². The van der Waals surface area contributed by atoms with E-state index in [0.29, 0.717) is 43.1 Å². The highest BCUT2D eigenvalue weighted by Crippen LogP contribution is 2.26. The van der Waals surface area contributed by atoms with Crippen LogP contribution in [0.4, 0.5) is 10.5 Å². The molecule has 0 aliphatic rings. The van der Waals surface area contributed by atoms with Gasteiger partial charge in [-0.2, -0.15) is 0 Å². The highest BCUT2D eigenvalue weighted by Gasteiger charge is 2.15. The molecule has 0 bridgehead atoms. The molecule has 0 atom stereocenters. The molecule has 0 saturated heterocycles. The standard InChI is InChI=1S/C21H33N3O6/c1-21(2,3)30-20(26)24-12-7-6-11-23-16-9-8-15(19(22)25)14-17(16)29-13-10-18(27-4)28-5/h6-9,14,18,23H,10-13H2,1-5H3,(H2,22,25)(H,24,26)/b7-6+. The van der Waals surface area contributed by atoms with Crippen LogP contribution in [0.15, 0.2) is 30.4 Å². The maximum atomic E-state index is 11.6. The molecule has 0 unspecified atom stereocenters. The van der Waals surface area contributed by atoms with Gasteiger partial charge in [-0.15, -0.1) is 0 Å².